The number of benzene rings is 1. The summed E-state index contributed by atoms with van der Waals surface area (Å²) in [5.74, 6) is -5.02. The van der Waals surface area contributed by atoms with Crippen LogP contribution < -0.4 is 5.32 Å². The van der Waals surface area contributed by atoms with Gasteiger partial charge in [0, 0.05) is 28.6 Å². The zero-order chi connectivity index (χ0) is 30.9. The number of halogens is 3. The number of carboxylic acids is 1. The molecule has 2 aliphatic rings. The molecule has 1 amide bonds. The Hall–Kier alpha value is -3.76. The molecule has 0 bridgehead atoms. The molecule has 16 heteroatoms. The van der Waals surface area contributed by atoms with Crippen molar-refractivity contribution in [3.63, 3.8) is 0 Å². The third-order valence-electron chi connectivity index (χ3n) is 8.02. The van der Waals surface area contributed by atoms with Gasteiger partial charge in [0.05, 0.1) is 46.8 Å². The number of hydrogen-bond acceptors (Lipinski definition) is 9. The lowest BCUT2D eigenvalue weighted by molar-refractivity contribution is -0.234. The van der Waals surface area contributed by atoms with Crippen LogP contribution in [0.5, 0.6) is 0 Å². The third kappa shape index (κ3) is 4.90. The number of aliphatic hydroxyl groups is 3. The average molecular weight is 621 g/mol. The summed E-state index contributed by atoms with van der Waals surface area (Å²) in [4.78, 5) is 32.5. The van der Waals surface area contributed by atoms with Gasteiger partial charge in [-0.3, -0.25) is 14.9 Å². The summed E-state index contributed by atoms with van der Waals surface area (Å²) >= 11 is 6.64. The van der Waals surface area contributed by atoms with E-state index in [0.29, 0.717) is 11.0 Å². The van der Waals surface area contributed by atoms with E-state index >= 15 is 4.39 Å². The summed E-state index contributed by atoms with van der Waals surface area (Å²) in [7, 11) is 0. The topological polar surface area (TPSA) is 195 Å². The molecule has 0 radical (unpaired) electrons. The lowest BCUT2D eigenvalue weighted by atomic mass is 9.77. The Kier molecular flexibility index (Phi) is 7.33. The predicted molar refractivity (Wildman–Crippen MR) is 147 cm³/mol. The van der Waals surface area contributed by atoms with E-state index in [1.165, 1.54) is 29.2 Å². The number of aromatic amines is 1. The first kappa shape index (κ1) is 29.3. The molecule has 4 heterocycles. The van der Waals surface area contributed by atoms with Gasteiger partial charge in [0.1, 0.15) is 30.3 Å². The Morgan fingerprint density at radius 3 is 2.56 bits per heavy atom. The molecule has 0 spiro atoms. The third-order valence-corrected chi connectivity index (χ3v) is 8.38. The SMILES string of the molecule is CC(C)C(c1c(F)c(Cl)c(-c2cn3cc(NC(=O)[C@@H]4C[C@@H]4F)nc3cn2)c2cn[nH]c12)C1OC(C(=O)O)C(O)C(O)C1O. The Morgan fingerprint density at radius 2 is 1.91 bits per heavy atom. The van der Waals surface area contributed by atoms with E-state index in [4.69, 9.17) is 16.3 Å². The van der Waals surface area contributed by atoms with Crippen molar-refractivity contribution >= 4 is 45.8 Å². The number of hydrogen-bond donors (Lipinski definition) is 6. The number of aliphatic hydroxyl groups excluding tert-OH is 3. The summed E-state index contributed by atoms with van der Waals surface area (Å²) in [6.45, 7) is 3.39. The van der Waals surface area contributed by atoms with Gasteiger partial charge in [-0.15, -0.1) is 0 Å². The van der Waals surface area contributed by atoms with E-state index < -0.39 is 72.1 Å². The van der Waals surface area contributed by atoms with Gasteiger partial charge in [-0.1, -0.05) is 25.4 Å². The van der Waals surface area contributed by atoms with Gasteiger partial charge in [0.2, 0.25) is 5.91 Å². The molecule has 4 aromatic rings. The molecule has 1 aliphatic heterocycles. The van der Waals surface area contributed by atoms with Crippen LogP contribution in [0.25, 0.3) is 27.8 Å². The smallest absolute Gasteiger partial charge is 0.335 e. The summed E-state index contributed by atoms with van der Waals surface area (Å²) in [5.41, 5.74) is 0.839. The van der Waals surface area contributed by atoms with Gasteiger partial charge in [-0.25, -0.2) is 18.6 Å². The summed E-state index contributed by atoms with van der Waals surface area (Å²) in [5, 5.41) is 50.4. The molecule has 6 N–H and O–H groups in total. The molecule has 3 aromatic heterocycles. The number of carboxylic acid groups (broad SMARTS) is 1. The highest BCUT2D eigenvalue weighted by molar-refractivity contribution is 6.35. The van der Waals surface area contributed by atoms with Gasteiger partial charge >= 0.3 is 5.97 Å². The van der Waals surface area contributed by atoms with Crippen LogP contribution in [0, 0.1) is 17.7 Å². The van der Waals surface area contributed by atoms with Crippen molar-refractivity contribution in [3.05, 3.63) is 41.2 Å². The first-order valence-electron chi connectivity index (χ1n) is 13.5. The number of anilines is 1. The second-order valence-corrected chi connectivity index (χ2v) is 11.6. The fourth-order valence-electron chi connectivity index (χ4n) is 5.73. The molecule has 13 nitrogen and oxygen atoms in total. The average Bonchev–Trinajstić information content (AvgIpc) is 3.30. The van der Waals surface area contributed by atoms with E-state index in [9.17, 15) is 34.4 Å². The fourth-order valence-corrected chi connectivity index (χ4v) is 6.03. The van der Waals surface area contributed by atoms with Crippen LogP contribution in [0.4, 0.5) is 14.6 Å². The second kappa shape index (κ2) is 10.7. The number of amides is 1. The van der Waals surface area contributed by atoms with Crippen LogP contribution in [0.1, 0.15) is 31.7 Å². The van der Waals surface area contributed by atoms with Gasteiger partial charge < -0.3 is 34.9 Å². The number of H-pyrrole nitrogens is 1. The van der Waals surface area contributed by atoms with Crippen LogP contribution in [0.15, 0.2) is 24.8 Å². The monoisotopic (exact) mass is 620 g/mol. The molecule has 1 aromatic carbocycles. The number of aromatic nitrogens is 5. The number of ether oxygens (including phenoxy) is 1. The molecule has 6 rings (SSSR count). The maximum atomic E-state index is 16.4. The van der Waals surface area contributed by atoms with Crippen molar-refractivity contribution in [3.8, 4) is 11.3 Å². The largest absolute Gasteiger partial charge is 0.479 e. The van der Waals surface area contributed by atoms with Crippen molar-refractivity contribution < 1.29 is 43.5 Å². The highest BCUT2D eigenvalue weighted by atomic mass is 35.5. The second-order valence-electron chi connectivity index (χ2n) is 11.2. The van der Waals surface area contributed by atoms with Crippen molar-refractivity contribution in [2.24, 2.45) is 11.8 Å². The number of carbonyl (C=O) groups excluding carboxylic acids is 1. The number of alkyl halides is 1. The number of nitrogens with one attached hydrogen (secondary N) is 2. The Labute approximate surface area is 246 Å². The number of aliphatic carboxylic acids is 1. The minimum Gasteiger partial charge on any atom is -0.479 e. The van der Waals surface area contributed by atoms with E-state index in [-0.39, 0.29) is 39.6 Å². The van der Waals surface area contributed by atoms with E-state index in [2.05, 4.69) is 25.5 Å². The highest BCUT2D eigenvalue weighted by Crippen LogP contribution is 2.45. The highest BCUT2D eigenvalue weighted by Gasteiger charge is 2.51. The van der Waals surface area contributed by atoms with Crippen molar-refractivity contribution in [2.75, 3.05) is 5.32 Å². The quantitative estimate of drug-likeness (QED) is 0.178. The standard InChI is InChI=1S/C27H27ClF2N6O7/c1-8(2)15(24-22(38)21(37)23(39)25(43-24)27(41)42)17-19(30)18(28)16(10-4-32-35-20(10)17)12-6-36-7-13(33-14(36)5-31-12)34-26(40)9-3-11(9)29/h4-9,11,15,21-25,37-39H,3H2,1-2H3,(H,32,35)(H,34,40)(H,41,42)/t9-,11+,15?,21?,22?,23?,24?,25?/m1/s1. The molecular formula is C27H27ClF2N6O7. The summed E-state index contributed by atoms with van der Waals surface area (Å²) in [6.07, 6.45) is -4.06. The van der Waals surface area contributed by atoms with Crippen LogP contribution in [0.3, 0.4) is 0 Å². The molecular weight excluding hydrogens is 594 g/mol. The predicted octanol–water partition coefficient (Wildman–Crippen LogP) is 2.04. The van der Waals surface area contributed by atoms with Crippen molar-refractivity contribution in [2.45, 2.75) is 62.9 Å². The van der Waals surface area contributed by atoms with E-state index in [1.807, 2.05) is 0 Å². The molecule has 6 unspecified atom stereocenters. The normalized spacial score (nSPS) is 28.0. The zero-order valence-corrected chi connectivity index (χ0v) is 23.4. The summed E-state index contributed by atoms with van der Waals surface area (Å²) < 4.78 is 36.8. The maximum absolute atomic E-state index is 16.4. The van der Waals surface area contributed by atoms with Crippen LogP contribution >= 0.6 is 11.6 Å². The zero-order valence-electron chi connectivity index (χ0n) is 22.6. The molecule has 43 heavy (non-hydrogen) atoms. The van der Waals surface area contributed by atoms with E-state index in [0.717, 1.165) is 0 Å². The van der Waals surface area contributed by atoms with Crippen molar-refractivity contribution in [1.82, 2.24) is 24.6 Å². The van der Waals surface area contributed by atoms with Gasteiger partial charge in [-0.05, 0) is 12.3 Å². The number of fused-ring (bicyclic) bond motifs is 2. The molecule has 1 aliphatic carbocycles. The summed E-state index contributed by atoms with van der Waals surface area (Å²) in [6, 6.07) is 0. The first-order valence-corrected chi connectivity index (χ1v) is 13.8. The Morgan fingerprint density at radius 1 is 1.19 bits per heavy atom. The Bertz CT molecular complexity index is 1750. The molecule has 8 atom stereocenters. The van der Waals surface area contributed by atoms with Crippen LogP contribution in [-0.2, 0) is 14.3 Å². The molecule has 228 valence electrons. The lowest BCUT2D eigenvalue weighted by Crippen LogP contribution is -2.61. The van der Waals surface area contributed by atoms with Crippen LogP contribution in [-0.4, -0.2) is 93.6 Å². The molecule has 1 saturated carbocycles. The minimum absolute atomic E-state index is 0.0621. The van der Waals surface area contributed by atoms with Crippen molar-refractivity contribution in [1.29, 1.82) is 0 Å². The van der Waals surface area contributed by atoms with Gasteiger partial charge in [0.25, 0.3) is 0 Å². The molecule has 2 fully saturated rings. The van der Waals surface area contributed by atoms with Gasteiger partial charge in [0.15, 0.2) is 17.6 Å². The molecule has 1 saturated heterocycles. The minimum atomic E-state index is -1.91. The van der Waals surface area contributed by atoms with E-state index in [1.54, 1.807) is 13.8 Å². The number of carbonyl (C=O) groups is 2. The Balaban J connectivity index is 1.42. The fraction of sp³-hybridized carbons (Fsp3) is 0.444. The van der Waals surface area contributed by atoms with Crippen LogP contribution in [0.2, 0.25) is 5.02 Å². The number of rotatable bonds is 7. The first-order chi connectivity index (χ1) is 20.4. The number of imidazole rings is 1. The lowest BCUT2D eigenvalue weighted by Gasteiger charge is -2.43. The van der Waals surface area contributed by atoms with Gasteiger partial charge in [-0.2, -0.15) is 5.10 Å². The maximum Gasteiger partial charge on any atom is 0.335 e. The number of nitrogens with zero attached hydrogens (tertiary/aromatic N) is 4.